The van der Waals surface area contributed by atoms with Crippen LogP contribution in [-0.4, -0.2) is 10.9 Å². The minimum absolute atomic E-state index is 0.0344. The number of hydrogen-bond donors (Lipinski definition) is 2. The van der Waals surface area contributed by atoms with Crippen LogP contribution in [0.5, 0.6) is 0 Å². The third-order valence-corrected chi connectivity index (χ3v) is 5.09. The van der Waals surface area contributed by atoms with Gasteiger partial charge in [0, 0.05) is 21.8 Å². The van der Waals surface area contributed by atoms with Gasteiger partial charge in [-0.1, -0.05) is 23.7 Å². The van der Waals surface area contributed by atoms with Crippen molar-refractivity contribution in [1.82, 2.24) is 4.98 Å². The second kappa shape index (κ2) is 8.20. The average molecular weight is 426 g/mol. The smallest absolute Gasteiger partial charge is 0.332 e. The molecule has 1 aromatic heterocycles. The van der Waals surface area contributed by atoms with E-state index >= 15 is 0 Å². The van der Waals surface area contributed by atoms with Crippen LogP contribution < -0.4 is 10.6 Å². The van der Waals surface area contributed by atoms with Gasteiger partial charge in [-0.15, -0.1) is 11.3 Å². The lowest BCUT2D eigenvalue weighted by Gasteiger charge is -2.09. The molecule has 0 spiro atoms. The van der Waals surface area contributed by atoms with Crippen molar-refractivity contribution in [2.45, 2.75) is 19.5 Å². The Labute approximate surface area is 168 Å². The Balaban J connectivity index is 1.64. The number of anilines is 3. The van der Waals surface area contributed by atoms with Gasteiger partial charge in [0.2, 0.25) is 5.91 Å². The van der Waals surface area contributed by atoms with Gasteiger partial charge in [-0.3, -0.25) is 4.79 Å². The molecule has 146 valence electrons. The molecule has 0 unspecified atom stereocenters. The van der Waals surface area contributed by atoms with Crippen molar-refractivity contribution in [3.8, 4) is 0 Å². The number of alkyl halides is 3. The molecule has 0 bridgehead atoms. The molecule has 1 amide bonds. The van der Waals surface area contributed by atoms with Gasteiger partial charge < -0.3 is 10.6 Å². The van der Waals surface area contributed by atoms with Crippen LogP contribution in [0, 0.1) is 6.92 Å². The number of nitrogens with zero attached hydrogens (tertiary/aromatic N) is 1. The molecule has 0 aliphatic carbocycles. The van der Waals surface area contributed by atoms with Crippen molar-refractivity contribution in [2.24, 2.45) is 0 Å². The molecule has 28 heavy (non-hydrogen) atoms. The van der Waals surface area contributed by atoms with Gasteiger partial charge in [-0.05, 0) is 42.8 Å². The maximum Gasteiger partial charge on any atom is 0.416 e. The molecule has 1 heterocycles. The van der Waals surface area contributed by atoms with E-state index < -0.39 is 11.7 Å². The summed E-state index contributed by atoms with van der Waals surface area (Å²) in [7, 11) is 0. The van der Waals surface area contributed by atoms with Gasteiger partial charge >= 0.3 is 6.18 Å². The van der Waals surface area contributed by atoms with Crippen LogP contribution in [-0.2, 0) is 17.4 Å². The summed E-state index contributed by atoms with van der Waals surface area (Å²) in [6.07, 6.45) is -4.38. The zero-order chi connectivity index (χ0) is 20.3. The van der Waals surface area contributed by atoms with E-state index in [1.54, 1.807) is 30.5 Å². The predicted molar refractivity (Wildman–Crippen MR) is 105 cm³/mol. The first-order chi connectivity index (χ1) is 13.2. The highest BCUT2D eigenvalue weighted by Crippen LogP contribution is 2.32. The first kappa shape index (κ1) is 20.2. The Bertz CT molecular complexity index is 1000. The minimum atomic E-state index is -4.41. The molecule has 0 aliphatic rings. The molecule has 0 saturated carbocycles. The summed E-state index contributed by atoms with van der Waals surface area (Å²) in [4.78, 5) is 16.5. The van der Waals surface area contributed by atoms with Gasteiger partial charge in [0.1, 0.15) is 0 Å². The summed E-state index contributed by atoms with van der Waals surface area (Å²) in [6.45, 7) is 1.80. The second-order valence-corrected chi connectivity index (χ2v) is 7.25. The lowest BCUT2D eigenvalue weighted by atomic mass is 10.2. The Morgan fingerprint density at radius 1 is 1.21 bits per heavy atom. The molecule has 9 heteroatoms. The van der Waals surface area contributed by atoms with Crippen LogP contribution in [0.15, 0.2) is 47.8 Å². The number of hydrogen-bond acceptors (Lipinski definition) is 4. The zero-order valence-electron chi connectivity index (χ0n) is 14.6. The van der Waals surface area contributed by atoms with Crippen LogP contribution in [0.1, 0.15) is 16.8 Å². The lowest BCUT2D eigenvalue weighted by molar-refractivity contribution is -0.137. The largest absolute Gasteiger partial charge is 0.416 e. The third kappa shape index (κ3) is 5.02. The van der Waals surface area contributed by atoms with Crippen LogP contribution >= 0.6 is 22.9 Å². The molecular weight excluding hydrogens is 411 g/mol. The first-order valence-electron chi connectivity index (χ1n) is 8.16. The summed E-state index contributed by atoms with van der Waals surface area (Å²) in [5, 5.41) is 8.25. The molecule has 4 nitrogen and oxygen atoms in total. The summed E-state index contributed by atoms with van der Waals surface area (Å²) in [6, 6.07) is 10.1. The predicted octanol–water partition coefficient (Wildman–Crippen LogP) is 6.05. The van der Waals surface area contributed by atoms with Gasteiger partial charge in [-0.25, -0.2) is 4.98 Å². The van der Waals surface area contributed by atoms with E-state index in [-0.39, 0.29) is 18.0 Å². The summed E-state index contributed by atoms with van der Waals surface area (Å²) < 4.78 is 38.4. The SMILES string of the molecule is Cc1c(Cl)cccc1NC(=O)Cc1csc(Nc2cccc(C(F)(F)F)c2)n1. The van der Waals surface area contributed by atoms with Crippen LogP contribution in [0.2, 0.25) is 5.02 Å². The Morgan fingerprint density at radius 3 is 2.71 bits per heavy atom. The standard InChI is InChI=1S/C19H15ClF3N3OS/c1-11-15(20)6-3-7-16(11)26-17(27)9-14-10-28-18(25-14)24-13-5-2-4-12(8-13)19(21,22)23/h2-8,10H,9H2,1H3,(H,24,25)(H,26,27). The van der Waals surface area contributed by atoms with E-state index in [0.29, 0.717) is 21.5 Å². The summed E-state index contributed by atoms with van der Waals surface area (Å²) in [5.74, 6) is -0.263. The molecule has 3 aromatic rings. The normalized spacial score (nSPS) is 11.3. The molecule has 0 radical (unpaired) electrons. The number of nitrogens with one attached hydrogen (secondary N) is 2. The molecule has 3 rings (SSSR count). The van der Waals surface area contributed by atoms with E-state index in [4.69, 9.17) is 11.6 Å². The molecule has 2 N–H and O–H groups in total. The quantitative estimate of drug-likeness (QED) is 0.523. The van der Waals surface area contributed by atoms with Gasteiger partial charge in [0.25, 0.3) is 0 Å². The molecular formula is C19H15ClF3N3OS. The first-order valence-corrected chi connectivity index (χ1v) is 9.42. The van der Waals surface area contributed by atoms with Crippen molar-refractivity contribution in [3.63, 3.8) is 0 Å². The molecule has 2 aromatic carbocycles. The minimum Gasteiger partial charge on any atom is -0.332 e. The third-order valence-electron chi connectivity index (χ3n) is 3.88. The van der Waals surface area contributed by atoms with Crippen molar-refractivity contribution in [3.05, 3.63) is 69.7 Å². The highest BCUT2D eigenvalue weighted by molar-refractivity contribution is 7.13. The number of amides is 1. The second-order valence-electron chi connectivity index (χ2n) is 5.98. The van der Waals surface area contributed by atoms with Crippen LogP contribution in [0.4, 0.5) is 29.7 Å². The summed E-state index contributed by atoms with van der Waals surface area (Å²) in [5.41, 5.74) is 1.43. The van der Waals surface area contributed by atoms with Crippen LogP contribution in [0.25, 0.3) is 0 Å². The summed E-state index contributed by atoms with van der Waals surface area (Å²) >= 11 is 7.24. The Morgan fingerprint density at radius 2 is 1.96 bits per heavy atom. The number of halogens is 4. The fraction of sp³-hybridized carbons (Fsp3) is 0.158. The van der Waals surface area contributed by atoms with E-state index in [1.807, 2.05) is 0 Å². The zero-order valence-corrected chi connectivity index (χ0v) is 16.2. The number of aromatic nitrogens is 1. The fourth-order valence-electron chi connectivity index (χ4n) is 2.44. The molecule has 0 atom stereocenters. The maximum absolute atomic E-state index is 12.8. The molecule has 0 aliphatic heterocycles. The van der Waals surface area contributed by atoms with Gasteiger partial charge in [-0.2, -0.15) is 13.2 Å². The monoisotopic (exact) mass is 425 g/mol. The van der Waals surface area contributed by atoms with Gasteiger partial charge in [0.15, 0.2) is 5.13 Å². The van der Waals surface area contributed by atoms with E-state index in [0.717, 1.165) is 17.7 Å². The molecule has 0 saturated heterocycles. The maximum atomic E-state index is 12.8. The highest BCUT2D eigenvalue weighted by Gasteiger charge is 2.30. The van der Waals surface area contributed by atoms with Gasteiger partial charge in [0.05, 0.1) is 17.7 Å². The fourth-order valence-corrected chi connectivity index (χ4v) is 3.35. The number of rotatable bonds is 5. The topological polar surface area (TPSA) is 54.0 Å². The van der Waals surface area contributed by atoms with Crippen molar-refractivity contribution >= 4 is 45.4 Å². The Kier molecular flexibility index (Phi) is 5.90. The van der Waals surface area contributed by atoms with E-state index in [2.05, 4.69) is 15.6 Å². The lowest BCUT2D eigenvalue weighted by Crippen LogP contribution is -2.15. The van der Waals surface area contributed by atoms with Crippen molar-refractivity contribution in [1.29, 1.82) is 0 Å². The number of benzene rings is 2. The highest BCUT2D eigenvalue weighted by atomic mass is 35.5. The number of carbonyl (C=O) groups excluding carboxylic acids is 1. The van der Waals surface area contributed by atoms with E-state index in [9.17, 15) is 18.0 Å². The van der Waals surface area contributed by atoms with Crippen LogP contribution in [0.3, 0.4) is 0 Å². The van der Waals surface area contributed by atoms with Crippen molar-refractivity contribution < 1.29 is 18.0 Å². The van der Waals surface area contributed by atoms with Crippen molar-refractivity contribution in [2.75, 3.05) is 10.6 Å². The number of carbonyl (C=O) groups is 1. The Hall–Kier alpha value is -2.58. The number of thiazole rings is 1. The molecule has 0 fully saturated rings. The van der Waals surface area contributed by atoms with E-state index in [1.165, 1.54) is 23.5 Å². The average Bonchev–Trinajstić information content (AvgIpc) is 3.05.